The summed E-state index contributed by atoms with van der Waals surface area (Å²) >= 11 is 5.57. The van der Waals surface area contributed by atoms with E-state index in [0.717, 1.165) is 18.4 Å². The van der Waals surface area contributed by atoms with Gasteiger partial charge in [0, 0.05) is 17.9 Å². The third kappa shape index (κ3) is 4.91. The van der Waals surface area contributed by atoms with Gasteiger partial charge in [0.15, 0.2) is 0 Å². The molecule has 0 aliphatic heterocycles. The molecule has 0 saturated heterocycles. The largest absolute Gasteiger partial charge is 0.126 e. The number of rotatable bonds is 3. The first kappa shape index (κ1) is 12.1. The minimum absolute atomic E-state index is 0.610. The Labute approximate surface area is 97.7 Å². The average Bonchev–Trinajstić information content (AvgIpc) is 2.18. The fraction of sp³-hybridized carbons (Fsp3) is 0.429. The lowest BCUT2D eigenvalue weighted by molar-refractivity contribution is 0.647. The molecule has 0 bridgehead atoms. The van der Waals surface area contributed by atoms with Crippen molar-refractivity contribution in [3.63, 3.8) is 0 Å². The number of hydrogen-bond acceptors (Lipinski definition) is 0. The van der Waals surface area contributed by atoms with Crippen molar-refractivity contribution in [3.8, 4) is 11.8 Å². The van der Waals surface area contributed by atoms with Crippen molar-refractivity contribution in [2.24, 2.45) is 5.92 Å². The molecule has 1 rings (SSSR count). The quantitative estimate of drug-likeness (QED) is 0.536. The molecule has 0 amide bonds. The van der Waals surface area contributed by atoms with Crippen LogP contribution < -0.4 is 0 Å². The fourth-order valence-electron chi connectivity index (χ4n) is 1.46. The van der Waals surface area contributed by atoms with E-state index < -0.39 is 0 Å². The van der Waals surface area contributed by atoms with Gasteiger partial charge in [-0.3, -0.25) is 0 Å². The Kier molecular flexibility index (Phi) is 5.29. The zero-order valence-electron chi connectivity index (χ0n) is 9.39. The first-order valence-electron chi connectivity index (χ1n) is 5.36. The van der Waals surface area contributed by atoms with Crippen LogP contribution in [-0.4, -0.2) is 5.88 Å². The Bertz CT molecular complexity index is 355. The highest BCUT2D eigenvalue weighted by atomic mass is 35.5. The molecule has 80 valence electrons. The topological polar surface area (TPSA) is 0 Å². The second-order valence-electron chi connectivity index (χ2n) is 4.04. The molecule has 1 aromatic carbocycles. The van der Waals surface area contributed by atoms with E-state index in [4.69, 9.17) is 11.6 Å². The maximum Gasteiger partial charge on any atom is 0.0333 e. The third-order valence-electron chi connectivity index (χ3n) is 2.02. The monoisotopic (exact) mass is 220 g/mol. The summed E-state index contributed by atoms with van der Waals surface area (Å²) in [6.45, 7) is 4.46. The molecule has 0 radical (unpaired) electrons. The van der Waals surface area contributed by atoms with Gasteiger partial charge in [0.2, 0.25) is 0 Å². The summed E-state index contributed by atoms with van der Waals surface area (Å²) in [7, 11) is 0. The van der Waals surface area contributed by atoms with Crippen molar-refractivity contribution >= 4 is 11.6 Å². The van der Waals surface area contributed by atoms with Crippen molar-refractivity contribution in [3.05, 3.63) is 35.4 Å². The minimum atomic E-state index is 0.610. The number of halogens is 1. The van der Waals surface area contributed by atoms with Crippen molar-refractivity contribution in [2.45, 2.75) is 26.7 Å². The second-order valence-corrected chi connectivity index (χ2v) is 4.42. The molecule has 15 heavy (non-hydrogen) atoms. The lowest BCUT2D eigenvalue weighted by Gasteiger charge is -2.04. The highest BCUT2D eigenvalue weighted by Gasteiger charge is 1.97. The summed E-state index contributed by atoms with van der Waals surface area (Å²) in [6, 6.07) is 8.45. The van der Waals surface area contributed by atoms with Crippen LogP contribution in [0.2, 0.25) is 0 Å². The van der Waals surface area contributed by atoms with Gasteiger partial charge in [-0.2, -0.15) is 0 Å². The van der Waals surface area contributed by atoms with Crippen molar-refractivity contribution < 1.29 is 0 Å². The Hall–Kier alpha value is -0.930. The van der Waals surface area contributed by atoms with Crippen LogP contribution in [0, 0.1) is 17.8 Å². The SMILES string of the molecule is CC(C)Cc1cccc(C#CCCCl)c1. The van der Waals surface area contributed by atoms with Crippen LogP contribution in [0.15, 0.2) is 24.3 Å². The van der Waals surface area contributed by atoms with E-state index in [9.17, 15) is 0 Å². The van der Waals surface area contributed by atoms with Gasteiger partial charge < -0.3 is 0 Å². The minimum Gasteiger partial charge on any atom is -0.126 e. The van der Waals surface area contributed by atoms with Gasteiger partial charge >= 0.3 is 0 Å². The van der Waals surface area contributed by atoms with E-state index in [1.807, 2.05) is 6.07 Å². The highest BCUT2D eigenvalue weighted by Crippen LogP contribution is 2.09. The van der Waals surface area contributed by atoms with Crippen molar-refractivity contribution in [1.29, 1.82) is 0 Å². The van der Waals surface area contributed by atoms with Crippen molar-refractivity contribution in [2.75, 3.05) is 5.88 Å². The lowest BCUT2D eigenvalue weighted by atomic mass is 10.0. The summed E-state index contributed by atoms with van der Waals surface area (Å²) in [6.07, 6.45) is 1.88. The smallest absolute Gasteiger partial charge is 0.0333 e. The van der Waals surface area contributed by atoms with E-state index in [2.05, 4.69) is 43.9 Å². The molecule has 0 aromatic heterocycles. The summed E-state index contributed by atoms with van der Waals surface area (Å²) in [4.78, 5) is 0. The number of hydrogen-bond donors (Lipinski definition) is 0. The summed E-state index contributed by atoms with van der Waals surface area (Å²) in [5.41, 5.74) is 2.46. The van der Waals surface area contributed by atoms with E-state index in [0.29, 0.717) is 11.8 Å². The Morgan fingerprint density at radius 2 is 2.13 bits per heavy atom. The number of benzene rings is 1. The van der Waals surface area contributed by atoms with E-state index in [1.54, 1.807) is 0 Å². The first-order valence-corrected chi connectivity index (χ1v) is 5.89. The molecule has 0 spiro atoms. The van der Waals surface area contributed by atoms with Crippen LogP contribution in [0.25, 0.3) is 0 Å². The van der Waals surface area contributed by atoms with Gasteiger partial charge in [-0.15, -0.1) is 11.6 Å². The Morgan fingerprint density at radius 1 is 1.33 bits per heavy atom. The van der Waals surface area contributed by atoms with Crippen LogP contribution in [0.1, 0.15) is 31.4 Å². The predicted octanol–water partition coefficient (Wildman–Crippen LogP) is 3.87. The normalized spacial score (nSPS) is 9.87. The molecule has 1 heteroatoms. The van der Waals surface area contributed by atoms with Crippen LogP contribution >= 0.6 is 11.6 Å². The average molecular weight is 221 g/mol. The molecule has 0 heterocycles. The van der Waals surface area contributed by atoms with Crippen molar-refractivity contribution in [1.82, 2.24) is 0 Å². The molecular formula is C14H17Cl. The first-order chi connectivity index (χ1) is 7.22. The lowest BCUT2D eigenvalue weighted by Crippen LogP contribution is -1.93. The zero-order valence-corrected chi connectivity index (χ0v) is 10.1. The van der Waals surface area contributed by atoms with Crippen LogP contribution in [0.5, 0.6) is 0 Å². The molecule has 0 unspecified atom stereocenters. The summed E-state index contributed by atoms with van der Waals surface area (Å²) < 4.78 is 0. The van der Waals surface area contributed by atoms with Gasteiger partial charge in [-0.1, -0.05) is 37.8 Å². The van der Waals surface area contributed by atoms with Crippen LogP contribution in [-0.2, 0) is 6.42 Å². The highest BCUT2D eigenvalue weighted by molar-refractivity contribution is 6.18. The fourth-order valence-corrected chi connectivity index (χ4v) is 1.55. The van der Waals surface area contributed by atoms with Gasteiger partial charge in [0.25, 0.3) is 0 Å². The number of alkyl halides is 1. The van der Waals surface area contributed by atoms with Crippen LogP contribution in [0.3, 0.4) is 0 Å². The molecule has 0 aliphatic rings. The molecule has 0 aliphatic carbocycles. The molecule has 0 atom stereocenters. The molecule has 1 aromatic rings. The standard InChI is InChI=1S/C14H17Cl/c1-12(2)10-14-8-5-7-13(11-14)6-3-4-9-15/h5,7-8,11-12H,4,9-10H2,1-2H3. The maximum atomic E-state index is 5.57. The Balaban J connectivity index is 2.71. The molecular weight excluding hydrogens is 204 g/mol. The predicted molar refractivity (Wildman–Crippen MR) is 67.2 cm³/mol. The zero-order chi connectivity index (χ0) is 11.1. The van der Waals surface area contributed by atoms with E-state index in [1.165, 1.54) is 5.56 Å². The van der Waals surface area contributed by atoms with E-state index >= 15 is 0 Å². The van der Waals surface area contributed by atoms with Crippen LogP contribution in [0.4, 0.5) is 0 Å². The van der Waals surface area contributed by atoms with E-state index in [-0.39, 0.29) is 0 Å². The summed E-state index contributed by atoms with van der Waals surface area (Å²) in [5, 5.41) is 0. The molecule has 0 fully saturated rings. The summed E-state index contributed by atoms with van der Waals surface area (Å²) in [5.74, 6) is 7.48. The van der Waals surface area contributed by atoms with Gasteiger partial charge in [0.1, 0.15) is 0 Å². The molecule has 0 nitrogen and oxygen atoms in total. The van der Waals surface area contributed by atoms with Gasteiger partial charge in [0.05, 0.1) is 0 Å². The molecule has 0 N–H and O–H groups in total. The molecule has 0 saturated carbocycles. The third-order valence-corrected chi connectivity index (χ3v) is 2.21. The van der Waals surface area contributed by atoms with Gasteiger partial charge in [-0.25, -0.2) is 0 Å². The maximum absolute atomic E-state index is 5.57. The second kappa shape index (κ2) is 6.53. The van der Waals surface area contributed by atoms with Gasteiger partial charge in [-0.05, 0) is 30.0 Å². The Morgan fingerprint density at radius 3 is 2.80 bits per heavy atom.